The number of rotatable bonds is 0. The van der Waals surface area contributed by atoms with Crippen molar-refractivity contribution >= 4 is 59.6 Å². The van der Waals surface area contributed by atoms with E-state index >= 15 is 0 Å². The van der Waals surface area contributed by atoms with E-state index in [4.69, 9.17) is 56.6 Å². The molecular formula is C27H39BBrN4O3S. The fourth-order valence-electron chi connectivity index (χ4n) is 1.98. The molecule has 0 atom stereocenters. The average molecular weight is 609 g/mol. The van der Waals surface area contributed by atoms with Crippen molar-refractivity contribution in [2.24, 2.45) is 4.30 Å². The van der Waals surface area contributed by atoms with E-state index in [1.165, 1.54) is 42.5 Å². The Balaban J connectivity index is -0.000000671. The predicted octanol–water partition coefficient (Wildman–Crippen LogP) is 5.94. The summed E-state index contributed by atoms with van der Waals surface area (Å²) in [5.41, 5.74) is 16.1. The molecule has 1 radical (unpaired) electrons. The quantitative estimate of drug-likeness (QED) is 0.121. The second-order valence-electron chi connectivity index (χ2n) is 6.15. The number of hydrogen-bond acceptors (Lipinski definition) is 8. The summed E-state index contributed by atoms with van der Waals surface area (Å²) in [5, 5.41) is 7.00. The molecule has 0 spiro atoms. The van der Waals surface area contributed by atoms with Crippen LogP contribution in [0.1, 0.15) is 63.6 Å². The second kappa shape index (κ2) is 22.3. The van der Waals surface area contributed by atoms with Crippen LogP contribution in [-0.2, 0) is 9.59 Å². The number of thiol groups is 1. The predicted molar refractivity (Wildman–Crippen MR) is 164 cm³/mol. The van der Waals surface area contributed by atoms with E-state index in [2.05, 4.69) is 40.7 Å². The summed E-state index contributed by atoms with van der Waals surface area (Å²) in [5.74, 6) is 0. The Kier molecular flexibility index (Phi) is 9.34. The van der Waals surface area contributed by atoms with Crippen molar-refractivity contribution in [3.05, 3.63) is 85.9 Å². The normalized spacial score (nSPS) is 17.6. The summed E-state index contributed by atoms with van der Waals surface area (Å²) in [6.07, 6.45) is 0.250. The summed E-state index contributed by atoms with van der Waals surface area (Å²) in [6, 6.07) is 9.46. The Bertz CT molecular complexity index is 1540. The van der Waals surface area contributed by atoms with Crippen LogP contribution in [0.25, 0.3) is 0 Å². The van der Waals surface area contributed by atoms with Gasteiger partial charge in [-0.05, 0) is 93.5 Å². The van der Waals surface area contributed by atoms with Gasteiger partial charge < -0.3 is 22.3 Å². The first-order valence-electron chi connectivity index (χ1n) is 18.4. The summed E-state index contributed by atoms with van der Waals surface area (Å²) < 4.78 is 133. The number of nitrogens with zero attached hydrogens (tertiary/aromatic N) is 1. The van der Waals surface area contributed by atoms with Gasteiger partial charge in [-0.25, -0.2) is 0 Å². The zero-order valence-corrected chi connectivity index (χ0v) is 22.4. The van der Waals surface area contributed by atoms with Crippen molar-refractivity contribution in [2.75, 3.05) is 24.3 Å². The number of para-hydroxylation sites is 1. The summed E-state index contributed by atoms with van der Waals surface area (Å²) in [7, 11) is 5.34. The standard InChI is InChI=1S/C9H13N.C8H10BrN.C8H11N.CO2.CH4O.BHNS/c1-6-4-7(2)9(10)8(3)5-6;1-5-3-7(9)4-6(2)8(5)10;1-6-4-3-5-7(2)8(6)9;2-1-3;1-2;1-2-3/h4-5H,10H2,1-3H3;3-4H,10H2,1-2H3;3-5H,9H2,1-2H3;;2H,1H3;3H/i2D3,3D3;2*1D3,2D3;;;. The summed E-state index contributed by atoms with van der Waals surface area (Å²) in [4.78, 5) is 16.2. The van der Waals surface area contributed by atoms with Crippen LogP contribution >= 0.6 is 28.7 Å². The van der Waals surface area contributed by atoms with Gasteiger partial charge in [-0.15, -0.1) is 0 Å². The Hall–Kier alpha value is -2.91. The molecule has 0 aliphatic rings. The molecule has 0 aliphatic heterocycles. The van der Waals surface area contributed by atoms with Gasteiger partial charge in [0.1, 0.15) is 0 Å². The summed E-state index contributed by atoms with van der Waals surface area (Å²) in [6.45, 7) is -12.8. The molecule has 0 aliphatic carbocycles. The fourth-order valence-corrected chi connectivity index (χ4v) is 2.44. The van der Waals surface area contributed by atoms with Crippen LogP contribution in [0.15, 0.2) is 51.2 Å². The van der Waals surface area contributed by atoms with Crippen LogP contribution in [0, 0.1) is 48.0 Å². The molecule has 0 saturated carbocycles. The van der Waals surface area contributed by atoms with Crippen LogP contribution in [0.5, 0.6) is 0 Å². The average Bonchev–Trinajstić information content (AvgIpc) is 2.98. The number of benzene rings is 3. The Morgan fingerprint density at radius 3 is 1.38 bits per heavy atom. The molecule has 7 N–H and O–H groups in total. The molecule has 7 nitrogen and oxygen atoms in total. The Labute approximate surface area is 261 Å². The van der Waals surface area contributed by atoms with Crippen LogP contribution in [-0.4, -0.2) is 26.0 Å². The number of hydrogen-bond donors (Lipinski definition) is 5. The molecule has 0 unspecified atom stereocenters. The molecule has 201 valence electrons. The first kappa shape index (κ1) is 15.5. The van der Waals surface area contributed by atoms with Crippen molar-refractivity contribution in [1.29, 1.82) is 0 Å². The van der Waals surface area contributed by atoms with Crippen molar-refractivity contribution < 1.29 is 39.4 Å². The van der Waals surface area contributed by atoms with E-state index < -0.39 is 41.1 Å². The maximum absolute atomic E-state index is 8.12. The molecule has 3 rings (SSSR count). The third-order valence-corrected chi connectivity index (χ3v) is 4.03. The van der Waals surface area contributed by atoms with Gasteiger partial charge in [0.25, 0.3) is 0 Å². The fraction of sp³-hybridized carbons (Fsp3) is 0.296. The van der Waals surface area contributed by atoms with Gasteiger partial charge in [0.2, 0.25) is 0 Å². The van der Waals surface area contributed by atoms with Crippen molar-refractivity contribution in [2.45, 2.75) is 48.0 Å². The minimum absolute atomic E-state index is 0.0985. The molecule has 10 heteroatoms. The SMILES string of the molecule is CO.O=C=O.[2H]C([2H])([2H])c1cc(Br)cc(C([2H])([2H])[2H])c1N.[2H]C([2H])([2H])c1cc(C)cc(C([2H])([2H])[2H])c1N.[2H]C([2H])([2H])c1cccc(C([2H])([2H])[2H])c1N.[B]=NS. The molecule has 0 aromatic heterocycles. The topological polar surface area (TPSA) is 145 Å². The van der Waals surface area contributed by atoms with Gasteiger partial charge in [0, 0.05) is 53.3 Å². The number of aryl methyl sites for hydroxylation is 7. The van der Waals surface area contributed by atoms with Gasteiger partial charge in [0.05, 0.1) is 0 Å². The molecule has 3 aromatic carbocycles. The number of halogens is 1. The van der Waals surface area contributed by atoms with Gasteiger partial charge in [-0.3, -0.25) is 0 Å². The monoisotopic (exact) mass is 607 g/mol. The molecule has 37 heavy (non-hydrogen) atoms. The van der Waals surface area contributed by atoms with Gasteiger partial charge >= 0.3 is 30.9 Å². The van der Waals surface area contributed by atoms with Crippen molar-refractivity contribution in [3.63, 3.8) is 0 Å². The third kappa shape index (κ3) is 17.2. The number of aliphatic hydroxyl groups is 1. The first-order valence-corrected chi connectivity index (χ1v) is 10.6. The number of nitrogens with two attached hydrogens (primary N) is 3. The van der Waals surface area contributed by atoms with Gasteiger partial charge in [-0.2, -0.15) is 9.59 Å². The Morgan fingerprint density at radius 2 is 1.08 bits per heavy atom. The van der Waals surface area contributed by atoms with E-state index in [1.54, 1.807) is 6.92 Å². The minimum atomic E-state index is -2.42. The zero-order valence-electron chi connectivity index (χ0n) is 37.9. The zero-order chi connectivity index (χ0) is 44.7. The van der Waals surface area contributed by atoms with E-state index in [0.29, 0.717) is 10.0 Å². The molecule has 3 aromatic rings. The van der Waals surface area contributed by atoms with Crippen LogP contribution in [0.4, 0.5) is 17.1 Å². The third-order valence-electron chi connectivity index (χ3n) is 3.58. The summed E-state index contributed by atoms with van der Waals surface area (Å²) >= 11 is 6.27. The Morgan fingerprint density at radius 1 is 0.811 bits per heavy atom. The number of anilines is 3. The van der Waals surface area contributed by atoms with Crippen molar-refractivity contribution in [1.82, 2.24) is 0 Å². The van der Waals surface area contributed by atoms with Gasteiger partial charge in [-0.1, -0.05) is 51.8 Å². The second-order valence-corrected chi connectivity index (χ2v) is 7.30. The first-order chi connectivity index (χ1) is 24.5. The molecular weight excluding hydrogens is 551 g/mol. The maximum atomic E-state index is 8.12. The van der Waals surface area contributed by atoms with E-state index in [-0.39, 0.29) is 56.6 Å². The molecule has 0 saturated heterocycles. The van der Waals surface area contributed by atoms with Gasteiger partial charge in [0.15, 0.2) is 0 Å². The van der Waals surface area contributed by atoms with E-state index in [1.807, 2.05) is 0 Å². The van der Waals surface area contributed by atoms with E-state index in [9.17, 15) is 0 Å². The van der Waals surface area contributed by atoms with Crippen LogP contribution < -0.4 is 17.2 Å². The molecule has 0 amide bonds. The van der Waals surface area contributed by atoms with E-state index in [0.717, 1.165) is 7.11 Å². The number of nitrogen functional groups attached to an aromatic ring is 3. The molecule has 0 heterocycles. The number of carbonyl (C=O) groups excluding carboxylic acids is 2. The van der Waals surface area contributed by atoms with Crippen LogP contribution in [0.2, 0.25) is 0 Å². The molecule has 0 fully saturated rings. The van der Waals surface area contributed by atoms with Crippen molar-refractivity contribution in [3.8, 4) is 0 Å². The van der Waals surface area contributed by atoms with Crippen LogP contribution in [0.3, 0.4) is 0 Å². The molecule has 0 bridgehead atoms. The number of aliphatic hydroxyl groups excluding tert-OH is 1.